The topological polar surface area (TPSA) is 197 Å². The summed E-state index contributed by atoms with van der Waals surface area (Å²) in [6, 6.07) is 0. The zero-order chi connectivity index (χ0) is 37.1. The summed E-state index contributed by atoms with van der Waals surface area (Å²) < 4.78 is 37.4. The Morgan fingerprint density at radius 3 is 2.21 bits per heavy atom. The molecule has 4 aliphatic carbocycles. The van der Waals surface area contributed by atoms with E-state index in [1.54, 1.807) is 0 Å². The highest BCUT2D eigenvalue weighted by Gasteiger charge is 2.69. The van der Waals surface area contributed by atoms with Crippen molar-refractivity contribution in [3.63, 3.8) is 0 Å². The Labute approximate surface area is 307 Å². The predicted molar refractivity (Wildman–Crippen MR) is 183 cm³/mol. The summed E-state index contributed by atoms with van der Waals surface area (Å²) in [6.07, 6.45) is -6.51. The van der Waals surface area contributed by atoms with E-state index >= 15 is 0 Å². The quantitative estimate of drug-likeness (QED) is 0.200. The van der Waals surface area contributed by atoms with Crippen molar-refractivity contribution in [2.45, 2.75) is 178 Å². The van der Waals surface area contributed by atoms with Crippen molar-refractivity contribution in [3.8, 4) is 0 Å². The van der Waals surface area contributed by atoms with E-state index in [-0.39, 0.29) is 22.9 Å². The summed E-state index contributed by atoms with van der Waals surface area (Å²) in [7, 11) is 0. The lowest BCUT2D eigenvalue weighted by molar-refractivity contribution is -0.374. The fourth-order valence-corrected chi connectivity index (χ4v) is 13.2. The molecule has 4 aliphatic heterocycles. The van der Waals surface area contributed by atoms with E-state index in [4.69, 9.17) is 28.4 Å². The maximum Gasteiger partial charge on any atom is 0.187 e. The van der Waals surface area contributed by atoms with Gasteiger partial charge in [-0.3, -0.25) is 0 Å². The van der Waals surface area contributed by atoms with Gasteiger partial charge < -0.3 is 64.2 Å². The molecule has 7 N–H and O–H groups in total. The van der Waals surface area contributed by atoms with E-state index < -0.39 is 86.0 Å². The van der Waals surface area contributed by atoms with Gasteiger partial charge in [-0.05, 0) is 105 Å². The number of hydrogen-bond donors (Lipinski definition) is 7. The van der Waals surface area contributed by atoms with Gasteiger partial charge in [0, 0.05) is 12.3 Å². The average molecular weight is 741 g/mol. The van der Waals surface area contributed by atoms with Crippen molar-refractivity contribution >= 4 is 0 Å². The van der Waals surface area contributed by atoms with Gasteiger partial charge in [-0.15, -0.1) is 0 Å². The first-order valence-corrected chi connectivity index (χ1v) is 20.2. The van der Waals surface area contributed by atoms with Crippen LogP contribution in [-0.4, -0.2) is 134 Å². The molecule has 0 aromatic heterocycles. The molecule has 8 aliphatic rings. The van der Waals surface area contributed by atoms with Crippen LogP contribution >= 0.6 is 0 Å². The Hall–Kier alpha value is -0.520. The zero-order valence-electron chi connectivity index (χ0n) is 31.4. The normalized spacial score (nSPS) is 60.5. The molecule has 0 unspecified atom stereocenters. The summed E-state index contributed by atoms with van der Waals surface area (Å²) in [5, 5.41) is 74.8. The van der Waals surface area contributed by atoms with Crippen molar-refractivity contribution in [3.05, 3.63) is 0 Å². The van der Waals surface area contributed by atoms with E-state index in [9.17, 15) is 35.7 Å². The Bertz CT molecular complexity index is 1280. The standard InChI is InChI=1S/C39H64O13/c1-17-8-11-39(47-16-17)18(2)28-26(52-39)13-23-21-7-6-20-12-25(24(41)14-38(20,5)22(21)9-10-37(23,28)4)49-36-34(32(45)30(43)27(15-40)50-36)51-35-33(46)31(44)29(42)19(3)48-35/h17-36,40-46H,6-16H2,1-5H3/t17-,18+,19+,20+,21-,22+,23+,24-,25-,26+,27-,28+,29+,30-,31-,32+,33-,34-,35+,36-,37+,38+,39-/m1/s1. The van der Waals surface area contributed by atoms with Gasteiger partial charge in [0.15, 0.2) is 18.4 Å². The third kappa shape index (κ3) is 5.89. The van der Waals surface area contributed by atoms with Crippen LogP contribution in [0.4, 0.5) is 0 Å². The lowest BCUT2D eigenvalue weighted by Gasteiger charge is -2.62. The highest BCUT2D eigenvalue weighted by atomic mass is 16.8. The number of hydrogen-bond acceptors (Lipinski definition) is 13. The predicted octanol–water partition coefficient (Wildman–Crippen LogP) is 1.44. The van der Waals surface area contributed by atoms with Gasteiger partial charge in [-0.2, -0.15) is 0 Å². The molecular formula is C39H64O13. The second-order valence-electron chi connectivity index (χ2n) is 18.8. The lowest BCUT2D eigenvalue weighted by Crippen LogP contribution is -2.65. The van der Waals surface area contributed by atoms with Crippen LogP contribution in [0, 0.1) is 52.3 Å². The van der Waals surface area contributed by atoms with E-state index in [0.717, 1.165) is 51.6 Å². The minimum atomic E-state index is -1.65. The number of fused-ring (bicyclic) bond motifs is 7. The Morgan fingerprint density at radius 2 is 1.50 bits per heavy atom. The first-order chi connectivity index (χ1) is 24.6. The van der Waals surface area contributed by atoms with Crippen LogP contribution in [0.15, 0.2) is 0 Å². The molecule has 4 saturated carbocycles. The molecule has 0 radical (unpaired) electrons. The molecule has 4 saturated heterocycles. The van der Waals surface area contributed by atoms with Crippen LogP contribution in [0.5, 0.6) is 0 Å². The number of aliphatic hydroxyl groups is 7. The van der Waals surface area contributed by atoms with Gasteiger partial charge in [0.1, 0.15) is 42.7 Å². The van der Waals surface area contributed by atoms with Gasteiger partial charge in [0.25, 0.3) is 0 Å². The van der Waals surface area contributed by atoms with Crippen LogP contribution in [0.2, 0.25) is 0 Å². The molecule has 13 nitrogen and oxygen atoms in total. The fraction of sp³-hybridized carbons (Fsp3) is 1.00. The molecule has 13 heteroatoms. The van der Waals surface area contributed by atoms with Crippen LogP contribution in [0.25, 0.3) is 0 Å². The third-order valence-corrected chi connectivity index (χ3v) is 16.2. The van der Waals surface area contributed by atoms with Crippen LogP contribution < -0.4 is 0 Å². The molecule has 1 spiro atoms. The summed E-state index contributed by atoms with van der Waals surface area (Å²) in [5.41, 5.74) is 0.115. The second kappa shape index (κ2) is 13.8. The van der Waals surface area contributed by atoms with Gasteiger partial charge >= 0.3 is 0 Å². The number of rotatable bonds is 5. The molecule has 0 amide bonds. The van der Waals surface area contributed by atoms with Crippen molar-refractivity contribution < 1.29 is 64.2 Å². The molecule has 0 bridgehead atoms. The molecule has 0 aromatic rings. The van der Waals surface area contributed by atoms with E-state index in [1.165, 1.54) is 6.92 Å². The summed E-state index contributed by atoms with van der Waals surface area (Å²) >= 11 is 0. The number of aliphatic hydroxyl groups excluding tert-OH is 7. The summed E-state index contributed by atoms with van der Waals surface area (Å²) in [5.74, 6) is 2.91. The minimum Gasteiger partial charge on any atom is -0.394 e. The van der Waals surface area contributed by atoms with Crippen molar-refractivity contribution in [1.82, 2.24) is 0 Å². The molecule has 52 heavy (non-hydrogen) atoms. The molecule has 8 rings (SSSR count). The van der Waals surface area contributed by atoms with E-state index in [2.05, 4.69) is 27.7 Å². The summed E-state index contributed by atoms with van der Waals surface area (Å²) in [4.78, 5) is 0. The smallest absolute Gasteiger partial charge is 0.187 e. The second-order valence-corrected chi connectivity index (χ2v) is 18.8. The van der Waals surface area contributed by atoms with Crippen molar-refractivity contribution in [2.24, 2.45) is 52.3 Å². The van der Waals surface area contributed by atoms with E-state index in [1.807, 2.05) is 0 Å². The van der Waals surface area contributed by atoms with Crippen LogP contribution in [0.1, 0.15) is 92.4 Å². The fourth-order valence-electron chi connectivity index (χ4n) is 13.2. The summed E-state index contributed by atoms with van der Waals surface area (Å²) in [6.45, 7) is 11.2. The van der Waals surface area contributed by atoms with Crippen molar-refractivity contribution in [1.29, 1.82) is 0 Å². The van der Waals surface area contributed by atoms with Gasteiger partial charge in [0.2, 0.25) is 0 Å². The zero-order valence-corrected chi connectivity index (χ0v) is 31.4. The molecule has 0 aromatic carbocycles. The van der Waals surface area contributed by atoms with Gasteiger partial charge in [-0.25, -0.2) is 0 Å². The van der Waals surface area contributed by atoms with Crippen molar-refractivity contribution in [2.75, 3.05) is 13.2 Å². The molecule has 298 valence electrons. The van der Waals surface area contributed by atoms with Gasteiger partial charge in [-0.1, -0.05) is 27.7 Å². The Balaban J connectivity index is 0.962. The number of ether oxygens (including phenoxy) is 6. The maximum absolute atomic E-state index is 11.8. The maximum atomic E-state index is 11.8. The third-order valence-electron chi connectivity index (χ3n) is 16.2. The minimum absolute atomic E-state index is 0.0859. The monoisotopic (exact) mass is 740 g/mol. The highest BCUT2D eigenvalue weighted by molar-refractivity contribution is 5.16. The van der Waals surface area contributed by atoms with Crippen LogP contribution in [-0.2, 0) is 28.4 Å². The first kappa shape index (κ1) is 38.4. The van der Waals surface area contributed by atoms with Gasteiger partial charge in [0.05, 0.1) is 37.6 Å². The molecule has 23 atom stereocenters. The highest BCUT2D eigenvalue weighted by Crippen LogP contribution is 2.71. The van der Waals surface area contributed by atoms with Crippen LogP contribution in [0.3, 0.4) is 0 Å². The SMILES string of the molecule is C[C@@H]1CC[C@@]2(OC1)O[C@H]1C[C@H]3[C@@H]4CC[C@H]5C[C@@H](O[C@@H]6O[C@H](CO)[C@@H](O)[C@H](O)[C@H]6O[C@@H]6O[C@@H](C)[C@H](O)[C@@H](O)[C@H]6O)[C@H](O)C[C@]5(C)[C@H]4CC[C@]3(C)[C@H]1[C@@H]2C. The Morgan fingerprint density at radius 1 is 0.731 bits per heavy atom. The average Bonchev–Trinajstić information content (AvgIpc) is 3.56. The molecular weight excluding hydrogens is 676 g/mol. The molecule has 8 fully saturated rings. The largest absolute Gasteiger partial charge is 0.394 e. The molecule has 4 heterocycles. The Kier molecular flexibility index (Phi) is 10.2. The van der Waals surface area contributed by atoms with E-state index in [0.29, 0.717) is 48.3 Å². The lowest BCUT2D eigenvalue weighted by atomic mass is 9.44. The first-order valence-electron chi connectivity index (χ1n) is 20.2.